The van der Waals surface area contributed by atoms with E-state index in [0.717, 1.165) is 5.75 Å². The quantitative estimate of drug-likeness (QED) is 0.778. The molecule has 0 aliphatic rings. The van der Waals surface area contributed by atoms with Crippen molar-refractivity contribution in [2.24, 2.45) is 0 Å². The van der Waals surface area contributed by atoms with Gasteiger partial charge in [-0.1, -0.05) is 0 Å². The number of hydrogen-bond acceptors (Lipinski definition) is 4. The molecule has 1 aromatic rings. The molecule has 1 aromatic carbocycles. The van der Waals surface area contributed by atoms with Crippen molar-refractivity contribution in [2.45, 2.75) is 0 Å². The van der Waals surface area contributed by atoms with Gasteiger partial charge in [0.05, 0.1) is 20.3 Å². The van der Waals surface area contributed by atoms with Gasteiger partial charge in [-0.05, 0) is 24.3 Å². The smallest absolute Gasteiger partial charge is 0.321 e. The lowest BCUT2D eigenvalue weighted by Crippen LogP contribution is -2.39. The lowest BCUT2D eigenvalue weighted by molar-refractivity contribution is 0.142. The Kier molecular flexibility index (Phi) is 6.70. The summed E-state index contributed by atoms with van der Waals surface area (Å²) in [5.41, 5.74) is 0.672. The molecule has 6 heteroatoms. The average Bonchev–Trinajstić information content (AvgIpc) is 2.44. The van der Waals surface area contributed by atoms with E-state index in [1.165, 1.54) is 4.90 Å². The molecule has 2 N–H and O–H groups in total. The summed E-state index contributed by atoms with van der Waals surface area (Å²) < 4.78 is 9.97. The summed E-state index contributed by atoms with van der Waals surface area (Å²) in [6, 6.07) is 6.77. The first kappa shape index (κ1) is 15.3. The van der Waals surface area contributed by atoms with E-state index in [1.54, 1.807) is 38.5 Å². The Bertz CT molecular complexity index is 381. The first-order valence-corrected chi connectivity index (χ1v) is 6.01. The van der Waals surface area contributed by atoms with Crippen molar-refractivity contribution >= 4 is 11.7 Å². The molecule has 0 aliphatic carbocycles. The molecule has 106 valence electrons. The molecule has 0 heterocycles. The number of methoxy groups -OCH3 is 2. The summed E-state index contributed by atoms with van der Waals surface area (Å²) in [4.78, 5) is 13.5. The summed E-state index contributed by atoms with van der Waals surface area (Å²) in [6.07, 6.45) is 0. The van der Waals surface area contributed by atoms with E-state index in [-0.39, 0.29) is 19.2 Å². The minimum Gasteiger partial charge on any atom is -0.497 e. The number of rotatable bonds is 7. The predicted molar refractivity (Wildman–Crippen MR) is 72.5 cm³/mol. The van der Waals surface area contributed by atoms with Crippen molar-refractivity contribution in [1.29, 1.82) is 0 Å². The van der Waals surface area contributed by atoms with E-state index in [9.17, 15) is 4.79 Å². The summed E-state index contributed by atoms with van der Waals surface area (Å²) >= 11 is 0. The van der Waals surface area contributed by atoms with Gasteiger partial charge in [-0.3, -0.25) is 0 Å². The van der Waals surface area contributed by atoms with E-state index in [4.69, 9.17) is 14.6 Å². The van der Waals surface area contributed by atoms with Gasteiger partial charge in [0, 0.05) is 25.9 Å². The Labute approximate surface area is 112 Å². The molecule has 1 rings (SSSR count). The number of ether oxygens (including phenoxy) is 2. The second-order valence-electron chi connectivity index (χ2n) is 3.86. The van der Waals surface area contributed by atoms with Gasteiger partial charge in [-0.2, -0.15) is 0 Å². The number of benzene rings is 1. The van der Waals surface area contributed by atoms with E-state index in [0.29, 0.717) is 18.8 Å². The van der Waals surface area contributed by atoms with Crippen LogP contribution in [-0.4, -0.2) is 56.6 Å². The van der Waals surface area contributed by atoms with Crippen LogP contribution in [0.5, 0.6) is 5.75 Å². The summed E-state index contributed by atoms with van der Waals surface area (Å²) in [5.74, 6) is 0.726. The van der Waals surface area contributed by atoms with Crippen LogP contribution in [0.15, 0.2) is 24.3 Å². The Morgan fingerprint density at radius 1 is 1.26 bits per heavy atom. The Morgan fingerprint density at radius 2 is 1.95 bits per heavy atom. The highest BCUT2D eigenvalue weighted by Crippen LogP contribution is 2.15. The van der Waals surface area contributed by atoms with Gasteiger partial charge < -0.3 is 24.8 Å². The first-order valence-electron chi connectivity index (χ1n) is 6.01. The van der Waals surface area contributed by atoms with Gasteiger partial charge in [-0.25, -0.2) is 4.79 Å². The second-order valence-corrected chi connectivity index (χ2v) is 3.86. The van der Waals surface area contributed by atoms with Gasteiger partial charge >= 0.3 is 6.03 Å². The molecule has 0 atom stereocenters. The van der Waals surface area contributed by atoms with Crippen molar-refractivity contribution in [3.63, 3.8) is 0 Å². The average molecular weight is 268 g/mol. The maximum atomic E-state index is 12.0. The number of amides is 2. The molecule has 0 fully saturated rings. The molecule has 0 bridgehead atoms. The van der Waals surface area contributed by atoms with E-state index >= 15 is 0 Å². The molecule has 0 spiro atoms. The lowest BCUT2D eigenvalue weighted by atomic mass is 10.3. The fourth-order valence-electron chi connectivity index (χ4n) is 1.51. The van der Waals surface area contributed by atoms with Crippen LogP contribution in [0.4, 0.5) is 10.5 Å². The number of nitrogens with one attached hydrogen (secondary N) is 1. The van der Waals surface area contributed by atoms with Gasteiger partial charge in [0.25, 0.3) is 0 Å². The number of anilines is 1. The number of carbonyl (C=O) groups is 1. The Morgan fingerprint density at radius 3 is 2.47 bits per heavy atom. The maximum Gasteiger partial charge on any atom is 0.321 e. The molecule has 6 nitrogen and oxygen atoms in total. The number of aliphatic hydroxyl groups is 1. The number of hydrogen-bond donors (Lipinski definition) is 2. The minimum atomic E-state index is -0.267. The van der Waals surface area contributed by atoms with E-state index < -0.39 is 0 Å². The zero-order chi connectivity index (χ0) is 14.1. The van der Waals surface area contributed by atoms with Crippen LogP contribution in [0, 0.1) is 0 Å². The predicted octanol–water partition coefficient (Wildman–Crippen LogP) is 1.17. The van der Waals surface area contributed by atoms with Crippen molar-refractivity contribution in [3.05, 3.63) is 24.3 Å². The molecule has 0 aliphatic heterocycles. The lowest BCUT2D eigenvalue weighted by Gasteiger charge is -2.21. The highest BCUT2D eigenvalue weighted by molar-refractivity contribution is 5.89. The Balaban J connectivity index is 2.58. The Hall–Kier alpha value is -1.79. The number of urea groups is 1. The van der Waals surface area contributed by atoms with E-state index in [2.05, 4.69) is 5.32 Å². The third-order valence-electron chi connectivity index (χ3n) is 2.56. The van der Waals surface area contributed by atoms with Gasteiger partial charge in [0.2, 0.25) is 0 Å². The second kappa shape index (κ2) is 8.34. The van der Waals surface area contributed by atoms with Gasteiger partial charge in [0.15, 0.2) is 0 Å². The van der Waals surface area contributed by atoms with Crippen LogP contribution in [0.25, 0.3) is 0 Å². The number of carbonyl (C=O) groups excluding carboxylic acids is 1. The minimum absolute atomic E-state index is 0.0836. The summed E-state index contributed by atoms with van der Waals surface area (Å²) in [7, 11) is 3.15. The third kappa shape index (κ3) is 5.15. The van der Waals surface area contributed by atoms with Crippen molar-refractivity contribution < 1.29 is 19.4 Å². The van der Waals surface area contributed by atoms with Crippen LogP contribution in [0.2, 0.25) is 0 Å². The number of nitrogens with zero attached hydrogens (tertiary/aromatic N) is 1. The molecular formula is C13H20N2O4. The third-order valence-corrected chi connectivity index (χ3v) is 2.56. The zero-order valence-electron chi connectivity index (χ0n) is 11.3. The van der Waals surface area contributed by atoms with Crippen molar-refractivity contribution in [2.75, 3.05) is 45.8 Å². The normalized spacial score (nSPS) is 10.1. The SMILES string of the molecule is COCCN(CCO)C(=O)Nc1ccc(OC)cc1. The van der Waals surface area contributed by atoms with Crippen molar-refractivity contribution in [1.82, 2.24) is 4.90 Å². The number of aliphatic hydroxyl groups excluding tert-OH is 1. The topological polar surface area (TPSA) is 71.0 Å². The van der Waals surface area contributed by atoms with Gasteiger partial charge in [0.1, 0.15) is 5.75 Å². The van der Waals surface area contributed by atoms with Crippen LogP contribution >= 0.6 is 0 Å². The molecule has 0 unspecified atom stereocenters. The fourth-order valence-corrected chi connectivity index (χ4v) is 1.51. The van der Waals surface area contributed by atoms with Crippen LogP contribution in [0.1, 0.15) is 0 Å². The molecular weight excluding hydrogens is 248 g/mol. The summed E-state index contributed by atoms with van der Waals surface area (Å²) in [6.45, 7) is 1.04. The molecule has 0 radical (unpaired) electrons. The summed E-state index contributed by atoms with van der Waals surface area (Å²) in [5, 5.41) is 11.7. The van der Waals surface area contributed by atoms with E-state index in [1.807, 2.05) is 0 Å². The molecule has 2 amide bonds. The molecule has 0 saturated carbocycles. The highest BCUT2D eigenvalue weighted by Gasteiger charge is 2.12. The monoisotopic (exact) mass is 268 g/mol. The largest absolute Gasteiger partial charge is 0.497 e. The highest BCUT2D eigenvalue weighted by atomic mass is 16.5. The zero-order valence-corrected chi connectivity index (χ0v) is 11.3. The van der Waals surface area contributed by atoms with Gasteiger partial charge in [-0.15, -0.1) is 0 Å². The molecule has 0 saturated heterocycles. The first-order chi connectivity index (χ1) is 9.21. The van der Waals surface area contributed by atoms with Crippen LogP contribution in [-0.2, 0) is 4.74 Å². The fraction of sp³-hybridized carbons (Fsp3) is 0.462. The standard InChI is InChI=1S/C13H20N2O4/c1-18-10-8-15(7-9-16)13(17)14-11-3-5-12(19-2)6-4-11/h3-6,16H,7-10H2,1-2H3,(H,14,17). The van der Waals surface area contributed by atoms with Crippen LogP contribution < -0.4 is 10.1 Å². The molecule has 19 heavy (non-hydrogen) atoms. The van der Waals surface area contributed by atoms with Crippen molar-refractivity contribution in [3.8, 4) is 5.75 Å². The molecule has 0 aromatic heterocycles. The maximum absolute atomic E-state index is 12.0. The van der Waals surface area contributed by atoms with Crippen LogP contribution in [0.3, 0.4) is 0 Å².